The molecule has 1 saturated heterocycles. The van der Waals surface area contributed by atoms with Gasteiger partial charge >= 0.3 is 0 Å². The SMILES string of the molecule is [N-]=[N+]=NC[C@]1(CO)O[C@@H](N2C=CC(N)=NC2O)[C@H](F)[C@@H]1O. The zero-order chi connectivity index (χ0) is 15.6. The molecule has 2 aliphatic heterocycles. The molecule has 0 radical (unpaired) electrons. The van der Waals surface area contributed by atoms with Crippen molar-refractivity contribution in [2.75, 3.05) is 13.2 Å². The van der Waals surface area contributed by atoms with Crippen molar-refractivity contribution in [1.29, 1.82) is 0 Å². The first-order valence-corrected chi connectivity index (χ1v) is 6.04. The zero-order valence-corrected chi connectivity index (χ0v) is 10.8. The van der Waals surface area contributed by atoms with Crippen LogP contribution in [-0.4, -0.2) is 69.7 Å². The van der Waals surface area contributed by atoms with Gasteiger partial charge in [-0.1, -0.05) is 5.11 Å². The maximum absolute atomic E-state index is 14.3. The minimum absolute atomic E-state index is 0.0511. The molecule has 0 spiro atoms. The van der Waals surface area contributed by atoms with Crippen molar-refractivity contribution in [2.24, 2.45) is 15.8 Å². The van der Waals surface area contributed by atoms with Crippen LogP contribution < -0.4 is 5.73 Å². The third kappa shape index (κ3) is 2.64. The van der Waals surface area contributed by atoms with Gasteiger partial charge < -0.3 is 30.7 Å². The highest BCUT2D eigenvalue weighted by molar-refractivity contribution is 5.91. The zero-order valence-electron chi connectivity index (χ0n) is 10.8. The molecule has 5 N–H and O–H groups in total. The second-order valence-corrected chi connectivity index (χ2v) is 4.67. The number of halogens is 1. The smallest absolute Gasteiger partial charge is 0.229 e. The van der Waals surface area contributed by atoms with E-state index in [1.165, 1.54) is 12.3 Å². The van der Waals surface area contributed by atoms with E-state index in [0.29, 0.717) is 0 Å². The molecule has 116 valence electrons. The summed E-state index contributed by atoms with van der Waals surface area (Å²) in [4.78, 5) is 7.12. The number of nitrogens with zero attached hydrogens (tertiary/aromatic N) is 5. The largest absolute Gasteiger partial charge is 0.393 e. The first-order valence-electron chi connectivity index (χ1n) is 6.04. The van der Waals surface area contributed by atoms with Crippen LogP contribution in [0.3, 0.4) is 0 Å². The van der Waals surface area contributed by atoms with Crippen LogP contribution in [0.5, 0.6) is 0 Å². The highest BCUT2D eigenvalue weighted by atomic mass is 19.1. The molecule has 21 heavy (non-hydrogen) atoms. The molecule has 1 unspecified atom stereocenters. The lowest BCUT2D eigenvalue weighted by atomic mass is 9.97. The Labute approximate surface area is 118 Å². The van der Waals surface area contributed by atoms with E-state index in [-0.39, 0.29) is 5.84 Å². The van der Waals surface area contributed by atoms with E-state index in [9.17, 15) is 19.7 Å². The molecule has 11 heteroatoms. The highest BCUT2D eigenvalue weighted by Crippen LogP contribution is 2.36. The number of aliphatic hydroxyl groups is 3. The Bertz CT molecular complexity index is 510. The number of nitrogens with two attached hydrogens (primary N) is 1. The number of hydrogen-bond acceptors (Lipinski definition) is 8. The van der Waals surface area contributed by atoms with Crippen molar-refractivity contribution < 1.29 is 24.4 Å². The van der Waals surface area contributed by atoms with E-state index in [1.807, 2.05) is 0 Å². The molecular weight excluding hydrogens is 287 g/mol. The Hall–Kier alpha value is -1.91. The average Bonchev–Trinajstić information content (AvgIpc) is 2.71. The van der Waals surface area contributed by atoms with Crippen LogP contribution in [0.4, 0.5) is 4.39 Å². The summed E-state index contributed by atoms with van der Waals surface area (Å²) >= 11 is 0. The maximum Gasteiger partial charge on any atom is 0.229 e. The molecule has 5 atom stereocenters. The maximum atomic E-state index is 14.3. The van der Waals surface area contributed by atoms with Crippen LogP contribution in [0.2, 0.25) is 0 Å². The van der Waals surface area contributed by atoms with Gasteiger partial charge in [-0.15, -0.1) is 0 Å². The predicted molar refractivity (Wildman–Crippen MR) is 68.2 cm³/mol. The number of aliphatic hydroxyl groups excluding tert-OH is 3. The molecule has 0 amide bonds. The number of ether oxygens (including phenoxy) is 1. The van der Waals surface area contributed by atoms with Crippen molar-refractivity contribution in [3.05, 3.63) is 22.7 Å². The van der Waals surface area contributed by atoms with Crippen LogP contribution in [0.15, 0.2) is 22.4 Å². The lowest BCUT2D eigenvalue weighted by molar-refractivity contribution is -0.159. The summed E-state index contributed by atoms with van der Waals surface area (Å²) in [7, 11) is 0. The number of alkyl halides is 1. The molecule has 0 aliphatic carbocycles. The molecule has 0 saturated carbocycles. The first-order chi connectivity index (χ1) is 9.95. The summed E-state index contributed by atoms with van der Waals surface area (Å²) in [6.45, 7) is -1.22. The summed E-state index contributed by atoms with van der Waals surface area (Å²) in [6, 6.07) is 0. The summed E-state index contributed by atoms with van der Waals surface area (Å²) in [5.74, 6) is 0.0511. The summed E-state index contributed by atoms with van der Waals surface area (Å²) < 4.78 is 19.6. The van der Waals surface area contributed by atoms with E-state index >= 15 is 0 Å². The van der Waals surface area contributed by atoms with Crippen LogP contribution in [0.25, 0.3) is 10.4 Å². The van der Waals surface area contributed by atoms with E-state index < -0.39 is 43.6 Å². The van der Waals surface area contributed by atoms with Gasteiger partial charge in [0.2, 0.25) is 6.35 Å². The fraction of sp³-hybridized carbons (Fsp3) is 0.700. The van der Waals surface area contributed by atoms with Crippen molar-refractivity contribution in [1.82, 2.24) is 4.90 Å². The van der Waals surface area contributed by atoms with Gasteiger partial charge in [0.15, 0.2) is 12.4 Å². The first kappa shape index (κ1) is 15.5. The minimum Gasteiger partial charge on any atom is -0.393 e. The predicted octanol–water partition coefficient (Wildman–Crippen LogP) is -1.45. The third-order valence-electron chi connectivity index (χ3n) is 3.38. The molecule has 2 heterocycles. The van der Waals surface area contributed by atoms with Gasteiger partial charge in [-0.05, 0) is 11.6 Å². The van der Waals surface area contributed by atoms with Crippen LogP contribution in [-0.2, 0) is 4.74 Å². The van der Waals surface area contributed by atoms with E-state index in [4.69, 9.17) is 16.0 Å². The third-order valence-corrected chi connectivity index (χ3v) is 3.38. The molecule has 2 rings (SSSR count). The monoisotopic (exact) mass is 302 g/mol. The Morgan fingerprint density at radius 3 is 2.90 bits per heavy atom. The lowest BCUT2D eigenvalue weighted by Crippen LogP contribution is -2.48. The number of azide groups is 1. The summed E-state index contributed by atoms with van der Waals surface area (Å²) in [6.07, 6.45) is -4.01. The average molecular weight is 302 g/mol. The van der Waals surface area contributed by atoms with Gasteiger partial charge in [0.1, 0.15) is 17.5 Å². The molecule has 0 aromatic heterocycles. The number of aliphatic imine (C=N–C) groups is 1. The second-order valence-electron chi connectivity index (χ2n) is 4.67. The number of rotatable bonds is 4. The van der Waals surface area contributed by atoms with Gasteiger partial charge in [-0.2, -0.15) is 0 Å². The molecule has 1 fully saturated rings. The second kappa shape index (κ2) is 5.84. The molecule has 2 aliphatic rings. The van der Waals surface area contributed by atoms with Crippen LogP contribution in [0.1, 0.15) is 0 Å². The lowest BCUT2D eigenvalue weighted by Gasteiger charge is -2.33. The molecule has 0 bridgehead atoms. The van der Waals surface area contributed by atoms with Crippen LogP contribution >= 0.6 is 0 Å². The Morgan fingerprint density at radius 1 is 1.62 bits per heavy atom. The van der Waals surface area contributed by atoms with Gasteiger partial charge in [-0.25, -0.2) is 9.38 Å². The summed E-state index contributed by atoms with van der Waals surface area (Å²) in [5.41, 5.74) is 11.9. The number of hydrogen-bond donors (Lipinski definition) is 4. The highest BCUT2D eigenvalue weighted by Gasteiger charge is 2.57. The Morgan fingerprint density at radius 2 is 2.33 bits per heavy atom. The molecule has 0 aromatic carbocycles. The molecule has 0 aromatic rings. The van der Waals surface area contributed by atoms with Crippen molar-refractivity contribution in [2.45, 2.75) is 30.5 Å². The van der Waals surface area contributed by atoms with E-state index in [1.54, 1.807) is 0 Å². The quantitative estimate of drug-likeness (QED) is 0.282. The molecular formula is C10H15FN6O4. The van der Waals surface area contributed by atoms with Crippen LogP contribution in [0, 0.1) is 0 Å². The topological polar surface area (TPSA) is 160 Å². The normalized spacial score (nSPS) is 39.0. The van der Waals surface area contributed by atoms with Gasteiger partial charge in [0, 0.05) is 11.1 Å². The van der Waals surface area contributed by atoms with Crippen molar-refractivity contribution in [3.8, 4) is 0 Å². The van der Waals surface area contributed by atoms with E-state index in [0.717, 1.165) is 4.90 Å². The Balaban J connectivity index is 2.23. The molecule has 10 nitrogen and oxygen atoms in total. The van der Waals surface area contributed by atoms with Gasteiger partial charge in [-0.3, -0.25) is 0 Å². The Kier molecular flexibility index (Phi) is 4.30. The number of amidine groups is 1. The van der Waals surface area contributed by atoms with Crippen molar-refractivity contribution in [3.63, 3.8) is 0 Å². The van der Waals surface area contributed by atoms with Gasteiger partial charge in [0.25, 0.3) is 0 Å². The summed E-state index contributed by atoms with van der Waals surface area (Å²) in [5, 5.41) is 32.3. The van der Waals surface area contributed by atoms with E-state index in [2.05, 4.69) is 15.0 Å². The standard InChI is InChI=1S/C10H15FN6O4/c11-6-7(19)10(4-18,3-14-16-13)21-8(6)17-2-1-5(12)15-9(17)20/h1-2,6-9,18-20H,3-4H2,(H2,12,15)/t6-,7+,8-,9?,10-/m1/s1. The van der Waals surface area contributed by atoms with Crippen molar-refractivity contribution >= 4 is 5.84 Å². The fourth-order valence-corrected chi connectivity index (χ4v) is 2.21. The van der Waals surface area contributed by atoms with Gasteiger partial charge in [0.05, 0.1) is 13.2 Å². The fourth-order valence-electron chi connectivity index (χ4n) is 2.21. The minimum atomic E-state index is -1.96.